The Balaban J connectivity index is 2.51. The SMILES string of the molecule is O=c1cccccc1C1=CC=CC=CN1. The molecule has 74 valence electrons. The second kappa shape index (κ2) is 4.42. The van der Waals surface area contributed by atoms with Gasteiger partial charge in [0.25, 0.3) is 0 Å². The number of nitrogens with one attached hydrogen (secondary N) is 1. The first-order valence-electron chi connectivity index (χ1n) is 4.78. The van der Waals surface area contributed by atoms with Crippen molar-refractivity contribution in [3.05, 3.63) is 76.6 Å². The van der Waals surface area contributed by atoms with Gasteiger partial charge in [0.15, 0.2) is 5.43 Å². The third kappa shape index (κ3) is 2.23. The van der Waals surface area contributed by atoms with E-state index in [2.05, 4.69) is 5.32 Å². The number of allylic oxidation sites excluding steroid dienone is 4. The highest BCUT2D eigenvalue weighted by Gasteiger charge is 2.02. The first-order valence-corrected chi connectivity index (χ1v) is 4.78. The van der Waals surface area contributed by atoms with Crippen LogP contribution in [0.5, 0.6) is 0 Å². The second-order valence-electron chi connectivity index (χ2n) is 3.16. The fourth-order valence-corrected chi connectivity index (χ4v) is 1.38. The predicted molar refractivity (Wildman–Crippen MR) is 62.1 cm³/mol. The lowest BCUT2D eigenvalue weighted by Gasteiger charge is -2.02. The third-order valence-corrected chi connectivity index (χ3v) is 2.11. The van der Waals surface area contributed by atoms with E-state index in [-0.39, 0.29) is 5.43 Å². The molecule has 1 aliphatic rings. The standard InChI is InChI=1S/C13H11NO/c15-13-9-5-1-3-7-11(13)12-8-4-2-6-10-14-12/h1-10,14H. The lowest BCUT2D eigenvalue weighted by Crippen LogP contribution is -2.11. The van der Waals surface area contributed by atoms with E-state index < -0.39 is 0 Å². The Morgan fingerprint density at radius 2 is 1.80 bits per heavy atom. The van der Waals surface area contributed by atoms with Crippen molar-refractivity contribution in [2.75, 3.05) is 0 Å². The van der Waals surface area contributed by atoms with Crippen LogP contribution in [0.15, 0.2) is 65.6 Å². The van der Waals surface area contributed by atoms with Gasteiger partial charge in [-0.2, -0.15) is 0 Å². The Bertz CT molecular complexity index is 498. The van der Waals surface area contributed by atoms with Gasteiger partial charge in [-0.15, -0.1) is 0 Å². The minimum atomic E-state index is 0.0162. The molecule has 1 aromatic carbocycles. The molecule has 0 aliphatic carbocycles. The number of hydrogen-bond acceptors (Lipinski definition) is 2. The van der Waals surface area contributed by atoms with Crippen molar-refractivity contribution < 1.29 is 0 Å². The Morgan fingerprint density at radius 1 is 0.933 bits per heavy atom. The molecule has 0 fully saturated rings. The Hall–Kier alpha value is -2.09. The normalized spacial score (nSPS) is 14.0. The van der Waals surface area contributed by atoms with Gasteiger partial charge in [-0.05, 0) is 24.3 Å². The highest BCUT2D eigenvalue weighted by Crippen LogP contribution is 2.07. The van der Waals surface area contributed by atoms with Gasteiger partial charge in [-0.3, -0.25) is 4.79 Å². The second-order valence-corrected chi connectivity index (χ2v) is 3.16. The summed E-state index contributed by atoms with van der Waals surface area (Å²) in [5.41, 5.74) is 1.51. The van der Waals surface area contributed by atoms with Gasteiger partial charge in [0.1, 0.15) is 0 Å². The first-order chi connectivity index (χ1) is 7.38. The third-order valence-electron chi connectivity index (χ3n) is 2.11. The summed E-state index contributed by atoms with van der Waals surface area (Å²) in [6.45, 7) is 0. The average Bonchev–Trinajstić information content (AvgIpc) is 2.59. The molecule has 0 radical (unpaired) electrons. The molecule has 0 atom stereocenters. The monoisotopic (exact) mass is 197 g/mol. The van der Waals surface area contributed by atoms with Crippen LogP contribution in [-0.4, -0.2) is 0 Å². The van der Waals surface area contributed by atoms with Gasteiger partial charge in [0.05, 0.1) is 0 Å². The summed E-state index contributed by atoms with van der Waals surface area (Å²) in [6.07, 6.45) is 9.39. The Labute approximate surface area is 88.3 Å². The maximum absolute atomic E-state index is 11.7. The summed E-state index contributed by atoms with van der Waals surface area (Å²) in [5.74, 6) is 0. The van der Waals surface area contributed by atoms with Gasteiger partial charge in [0, 0.05) is 17.5 Å². The molecule has 1 N–H and O–H groups in total. The summed E-state index contributed by atoms with van der Waals surface area (Å²) in [5, 5.41) is 3.07. The fourth-order valence-electron chi connectivity index (χ4n) is 1.38. The molecule has 1 aromatic rings. The molecule has 0 unspecified atom stereocenters. The van der Waals surface area contributed by atoms with Gasteiger partial charge < -0.3 is 5.32 Å². The van der Waals surface area contributed by atoms with Crippen LogP contribution in [0.1, 0.15) is 5.56 Å². The van der Waals surface area contributed by atoms with E-state index in [0.717, 1.165) is 5.70 Å². The van der Waals surface area contributed by atoms with Crippen LogP contribution in [0.3, 0.4) is 0 Å². The van der Waals surface area contributed by atoms with E-state index >= 15 is 0 Å². The van der Waals surface area contributed by atoms with Crippen LogP contribution in [0.25, 0.3) is 5.70 Å². The van der Waals surface area contributed by atoms with Crippen LogP contribution in [0, 0.1) is 0 Å². The van der Waals surface area contributed by atoms with Crippen LogP contribution in [0.4, 0.5) is 0 Å². The zero-order chi connectivity index (χ0) is 10.5. The summed E-state index contributed by atoms with van der Waals surface area (Å²) in [6, 6.07) is 8.82. The molecule has 0 amide bonds. The van der Waals surface area contributed by atoms with Crippen molar-refractivity contribution in [2.24, 2.45) is 0 Å². The molecule has 1 aliphatic heterocycles. The van der Waals surface area contributed by atoms with Crippen molar-refractivity contribution in [3.63, 3.8) is 0 Å². The topological polar surface area (TPSA) is 29.1 Å². The summed E-state index contributed by atoms with van der Waals surface area (Å²) in [7, 11) is 0. The van der Waals surface area contributed by atoms with E-state index in [1.807, 2.05) is 48.7 Å². The van der Waals surface area contributed by atoms with E-state index in [1.165, 1.54) is 0 Å². The van der Waals surface area contributed by atoms with Gasteiger partial charge in [-0.1, -0.05) is 30.4 Å². The minimum absolute atomic E-state index is 0.0162. The summed E-state index contributed by atoms with van der Waals surface area (Å²) >= 11 is 0. The molecule has 2 rings (SSSR count). The van der Waals surface area contributed by atoms with Gasteiger partial charge in [-0.25, -0.2) is 0 Å². The molecular formula is C13H11NO. The molecule has 2 heteroatoms. The van der Waals surface area contributed by atoms with Gasteiger partial charge >= 0.3 is 0 Å². The zero-order valence-corrected chi connectivity index (χ0v) is 8.18. The summed E-state index contributed by atoms with van der Waals surface area (Å²) < 4.78 is 0. The molecule has 0 aromatic heterocycles. The number of hydrogen-bond donors (Lipinski definition) is 1. The lowest BCUT2D eigenvalue weighted by atomic mass is 10.2. The molecule has 1 heterocycles. The highest BCUT2D eigenvalue weighted by molar-refractivity contribution is 5.66. The quantitative estimate of drug-likeness (QED) is 0.746. The van der Waals surface area contributed by atoms with Crippen molar-refractivity contribution >= 4 is 5.70 Å². The fraction of sp³-hybridized carbons (Fsp3) is 0. The molecule has 2 nitrogen and oxygen atoms in total. The molecular weight excluding hydrogens is 186 g/mol. The summed E-state index contributed by atoms with van der Waals surface area (Å²) in [4.78, 5) is 11.7. The smallest absolute Gasteiger partial charge is 0.187 e. The maximum Gasteiger partial charge on any atom is 0.187 e. The van der Waals surface area contributed by atoms with E-state index in [4.69, 9.17) is 0 Å². The van der Waals surface area contributed by atoms with E-state index in [9.17, 15) is 4.79 Å². The van der Waals surface area contributed by atoms with Crippen LogP contribution in [0.2, 0.25) is 0 Å². The molecule has 0 bridgehead atoms. The molecule has 0 spiro atoms. The van der Waals surface area contributed by atoms with Gasteiger partial charge in [0.2, 0.25) is 0 Å². The van der Waals surface area contributed by atoms with E-state index in [1.54, 1.807) is 12.1 Å². The van der Waals surface area contributed by atoms with Crippen molar-refractivity contribution in [1.82, 2.24) is 5.32 Å². The van der Waals surface area contributed by atoms with Crippen molar-refractivity contribution in [1.29, 1.82) is 0 Å². The minimum Gasteiger partial charge on any atom is -0.361 e. The number of rotatable bonds is 1. The molecule has 0 saturated carbocycles. The maximum atomic E-state index is 11.7. The Kier molecular flexibility index (Phi) is 2.79. The molecule has 0 saturated heterocycles. The van der Waals surface area contributed by atoms with Crippen molar-refractivity contribution in [2.45, 2.75) is 0 Å². The van der Waals surface area contributed by atoms with Crippen LogP contribution >= 0.6 is 0 Å². The molecule has 15 heavy (non-hydrogen) atoms. The van der Waals surface area contributed by atoms with Crippen molar-refractivity contribution in [3.8, 4) is 0 Å². The zero-order valence-electron chi connectivity index (χ0n) is 8.18. The largest absolute Gasteiger partial charge is 0.361 e. The predicted octanol–water partition coefficient (Wildman–Crippen LogP) is 2.06. The first kappa shape index (κ1) is 9.46. The van der Waals surface area contributed by atoms with E-state index in [0.29, 0.717) is 5.56 Å². The lowest BCUT2D eigenvalue weighted by molar-refractivity contribution is 1.21. The van der Waals surface area contributed by atoms with Crippen LogP contribution < -0.4 is 10.7 Å². The Morgan fingerprint density at radius 3 is 2.73 bits per heavy atom. The highest BCUT2D eigenvalue weighted by atomic mass is 16.1. The average molecular weight is 197 g/mol. The van der Waals surface area contributed by atoms with Crippen LogP contribution in [-0.2, 0) is 0 Å².